The summed E-state index contributed by atoms with van der Waals surface area (Å²) in [6.45, 7) is 5.12. The first-order valence-electron chi connectivity index (χ1n) is 19.8. The second kappa shape index (κ2) is 16.6. The molecular formula is C45H46ClN9O5. The molecule has 2 N–H and O–H groups in total. The predicted octanol–water partition coefficient (Wildman–Crippen LogP) is 8.47. The lowest BCUT2D eigenvalue weighted by Crippen LogP contribution is -2.47. The van der Waals surface area contributed by atoms with E-state index in [9.17, 15) is 0 Å². The van der Waals surface area contributed by atoms with Gasteiger partial charge >= 0.3 is 0 Å². The number of fused-ring (bicyclic) bond motifs is 6. The number of hydrogen-bond donors (Lipinski definition) is 2. The number of H-pyrrole nitrogens is 1. The van der Waals surface area contributed by atoms with Gasteiger partial charge in [0.2, 0.25) is 0 Å². The molecule has 10 rings (SSSR count). The van der Waals surface area contributed by atoms with Gasteiger partial charge in [-0.25, -0.2) is 9.97 Å². The van der Waals surface area contributed by atoms with Crippen molar-refractivity contribution < 1.29 is 23.7 Å². The van der Waals surface area contributed by atoms with Crippen LogP contribution in [-0.4, -0.2) is 103 Å². The standard InChI is InChI=1S/C25H28N6O2.C20H18ClN3O3/c1-32-19-13-20-21-15-26-29-24(21)25(28-23(20)22(14-19)33-2)27-16-3-5-17(6-4-16)30-9-11-31(12-10-30)18-7-8-18;1-25-13-6-4-12(5-7-13)10-24-11-16-15-8-14(26-2)9-17(27-3)18(15)22-20(21)19(16)23-24/h3-6,13-15,18H,7-12H2,1-2H3,(H,26,29)(H,27,28);4-9,11H,10H2,1-3H3. The molecule has 1 aliphatic carbocycles. The molecule has 15 heteroatoms. The summed E-state index contributed by atoms with van der Waals surface area (Å²) in [7, 11) is 8.16. The van der Waals surface area contributed by atoms with Gasteiger partial charge in [-0.05, 0) is 66.9 Å². The zero-order valence-electron chi connectivity index (χ0n) is 34.2. The third-order valence-electron chi connectivity index (χ3n) is 11.2. The van der Waals surface area contributed by atoms with Crippen molar-refractivity contribution in [3.8, 4) is 28.7 Å². The third-order valence-corrected chi connectivity index (χ3v) is 11.5. The third kappa shape index (κ3) is 7.71. The Kier molecular flexibility index (Phi) is 10.8. The minimum atomic E-state index is 0.342. The molecule has 1 saturated carbocycles. The van der Waals surface area contributed by atoms with E-state index in [1.165, 1.54) is 18.5 Å². The Hall–Kier alpha value is -6.51. The van der Waals surface area contributed by atoms with Crippen LogP contribution in [0, 0.1) is 0 Å². The average molecular weight is 828 g/mol. The number of ether oxygens (including phenoxy) is 5. The number of aromatic nitrogens is 6. The van der Waals surface area contributed by atoms with E-state index in [1.54, 1.807) is 41.6 Å². The Balaban J connectivity index is 0.000000158. The fourth-order valence-electron chi connectivity index (χ4n) is 7.88. The van der Waals surface area contributed by atoms with Crippen molar-refractivity contribution in [2.45, 2.75) is 25.4 Å². The minimum absolute atomic E-state index is 0.342. The number of pyridine rings is 2. The molecule has 1 aliphatic heterocycles. The number of halogens is 1. The first kappa shape index (κ1) is 39.0. The van der Waals surface area contributed by atoms with E-state index in [-0.39, 0.29) is 0 Å². The van der Waals surface area contributed by atoms with Crippen molar-refractivity contribution in [2.24, 2.45) is 0 Å². The molecular weight excluding hydrogens is 782 g/mol. The van der Waals surface area contributed by atoms with Gasteiger partial charge in [-0.2, -0.15) is 10.2 Å². The molecule has 0 spiro atoms. The van der Waals surface area contributed by atoms with E-state index < -0.39 is 0 Å². The van der Waals surface area contributed by atoms with E-state index in [0.717, 1.165) is 87.5 Å². The summed E-state index contributed by atoms with van der Waals surface area (Å²) in [5, 5.41) is 19.5. The van der Waals surface area contributed by atoms with Crippen LogP contribution in [0.15, 0.2) is 85.2 Å². The zero-order valence-corrected chi connectivity index (χ0v) is 34.9. The summed E-state index contributed by atoms with van der Waals surface area (Å²) >= 11 is 6.40. The van der Waals surface area contributed by atoms with Crippen molar-refractivity contribution in [2.75, 3.05) is 71.9 Å². The lowest BCUT2D eigenvalue weighted by molar-refractivity contribution is 0.248. The number of rotatable bonds is 11. The summed E-state index contributed by atoms with van der Waals surface area (Å²) in [6.07, 6.45) is 6.54. The highest BCUT2D eigenvalue weighted by molar-refractivity contribution is 6.35. The Bertz CT molecular complexity index is 2800. The van der Waals surface area contributed by atoms with Crippen LogP contribution in [0.3, 0.4) is 0 Å². The molecule has 14 nitrogen and oxygen atoms in total. The van der Waals surface area contributed by atoms with Gasteiger partial charge in [0.15, 0.2) is 11.0 Å². The van der Waals surface area contributed by atoms with E-state index in [1.807, 2.05) is 59.5 Å². The number of nitrogens with zero attached hydrogens (tertiary/aromatic N) is 7. The smallest absolute Gasteiger partial charge is 0.158 e. The highest BCUT2D eigenvalue weighted by Gasteiger charge is 2.31. The number of hydrogen-bond acceptors (Lipinski definition) is 12. The van der Waals surface area contributed by atoms with Crippen LogP contribution in [0.2, 0.25) is 5.15 Å². The number of benzene rings is 4. The summed E-state index contributed by atoms with van der Waals surface area (Å²) in [4.78, 5) is 14.5. The van der Waals surface area contributed by atoms with Crippen LogP contribution in [0.4, 0.5) is 17.2 Å². The summed E-state index contributed by atoms with van der Waals surface area (Å²) in [5.74, 6) is 4.21. The number of piperazine rings is 1. The lowest BCUT2D eigenvalue weighted by atomic mass is 10.1. The number of anilines is 3. The maximum Gasteiger partial charge on any atom is 0.158 e. The van der Waals surface area contributed by atoms with Crippen molar-refractivity contribution in [3.63, 3.8) is 0 Å². The van der Waals surface area contributed by atoms with Crippen LogP contribution in [-0.2, 0) is 6.54 Å². The zero-order chi connectivity index (χ0) is 41.3. The van der Waals surface area contributed by atoms with Crippen LogP contribution in [0.1, 0.15) is 18.4 Å². The molecule has 8 aromatic rings. The molecule has 5 heterocycles. The van der Waals surface area contributed by atoms with E-state index in [2.05, 4.69) is 59.7 Å². The van der Waals surface area contributed by atoms with Crippen molar-refractivity contribution >= 4 is 72.4 Å². The van der Waals surface area contributed by atoms with Gasteiger partial charge in [0.1, 0.15) is 50.8 Å². The van der Waals surface area contributed by atoms with Gasteiger partial charge in [0.25, 0.3) is 0 Å². The number of methoxy groups -OCH3 is 5. The monoisotopic (exact) mass is 827 g/mol. The molecule has 308 valence electrons. The van der Waals surface area contributed by atoms with Crippen LogP contribution in [0.5, 0.6) is 28.7 Å². The summed E-state index contributed by atoms with van der Waals surface area (Å²) in [5.41, 5.74) is 6.28. The highest BCUT2D eigenvalue weighted by atomic mass is 35.5. The summed E-state index contributed by atoms with van der Waals surface area (Å²) in [6, 6.07) is 24.9. The fraction of sp³-hybridized carbons (Fsp3) is 0.289. The van der Waals surface area contributed by atoms with Gasteiger partial charge in [-0.1, -0.05) is 23.7 Å². The normalized spacial score (nSPS) is 14.3. The van der Waals surface area contributed by atoms with Crippen molar-refractivity contribution in [1.82, 2.24) is 34.8 Å². The molecule has 0 radical (unpaired) electrons. The van der Waals surface area contributed by atoms with E-state index >= 15 is 0 Å². The highest BCUT2D eigenvalue weighted by Crippen LogP contribution is 2.39. The van der Waals surface area contributed by atoms with Crippen molar-refractivity contribution in [1.29, 1.82) is 0 Å². The first-order chi connectivity index (χ1) is 29.4. The van der Waals surface area contributed by atoms with E-state index in [0.29, 0.717) is 45.8 Å². The maximum atomic E-state index is 6.40. The second-order valence-electron chi connectivity index (χ2n) is 14.8. The SMILES string of the molecule is COc1cc(OC)c2nc(Nc3ccc(N4CCN(C5CC5)CC4)cc3)c3[nH]ncc3c2c1.COc1ccc(Cn2cc3c(n2)c(Cl)nc2c(OC)cc(OC)cc23)cc1. The molecule has 0 unspecified atom stereocenters. The van der Waals surface area contributed by atoms with Gasteiger partial charge in [-0.3, -0.25) is 14.7 Å². The first-order valence-corrected chi connectivity index (χ1v) is 20.2. The van der Waals surface area contributed by atoms with Crippen LogP contribution >= 0.6 is 11.6 Å². The van der Waals surface area contributed by atoms with Gasteiger partial charge < -0.3 is 33.9 Å². The van der Waals surface area contributed by atoms with Gasteiger partial charge in [0.05, 0.1) is 48.3 Å². The molecule has 4 aromatic heterocycles. The van der Waals surface area contributed by atoms with E-state index in [4.69, 9.17) is 40.3 Å². The molecule has 2 aliphatic rings. The number of aromatic amines is 1. The van der Waals surface area contributed by atoms with Crippen molar-refractivity contribution in [3.05, 3.63) is 95.9 Å². The molecule has 0 amide bonds. The van der Waals surface area contributed by atoms with Crippen LogP contribution < -0.4 is 33.9 Å². The molecule has 1 saturated heterocycles. The molecule has 60 heavy (non-hydrogen) atoms. The average Bonchev–Trinajstić information content (AvgIpc) is 3.85. The van der Waals surface area contributed by atoms with Gasteiger partial charge in [0, 0.05) is 83.5 Å². The second-order valence-corrected chi connectivity index (χ2v) is 15.2. The Morgan fingerprint density at radius 1 is 0.683 bits per heavy atom. The predicted molar refractivity (Wildman–Crippen MR) is 236 cm³/mol. The summed E-state index contributed by atoms with van der Waals surface area (Å²) < 4.78 is 28.9. The Labute approximate surface area is 351 Å². The molecule has 4 aromatic carbocycles. The fourth-order valence-corrected chi connectivity index (χ4v) is 8.10. The largest absolute Gasteiger partial charge is 0.497 e. The quantitative estimate of drug-likeness (QED) is 0.121. The molecule has 2 fully saturated rings. The van der Waals surface area contributed by atoms with Gasteiger partial charge in [-0.15, -0.1) is 0 Å². The molecule has 0 atom stereocenters. The lowest BCUT2D eigenvalue weighted by Gasteiger charge is -2.36. The number of nitrogens with one attached hydrogen (secondary N) is 2. The topological polar surface area (TPSA) is 137 Å². The maximum absolute atomic E-state index is 6.40. The molecule has 0 bridgehead atoms. The Morgan fingerprint density at radius 3 is 1.93 bits per heavy atom. The Morgan fingerprint density at radius 2 is 1.32 bits per heavy atom. The van der Waals surface area contributed by atoms with Crippen LogP contribution in [0.25, 0.3) is 43.6 Å². The minimum Gasteiger partial charge on any atom is -0.497 e.